The standard InChI is InChI=1S/C29H31N3O7S/c1-31-17-8-9-18(33)21-19(17)15(12-40-11-13-6-4-3-5-7-13)14-10-16-23(32-2)25(35)22(28(30)38)27(37)29(16,39)26(36)20(14)24(21)34/h3-9,14-16,23,31-33,35-36,39H,10-12H2,1-2H3,(H2,30,38)/t14-,15-,16+,23+,29+/m1/s1. The highest BCUT2D eigenvalue weighted by Crippen LogP contribution is 2.56. The van der Waals surface area contributed by atoms with Crippen molar-refractivity contribution in [2.24, 2.45) is 17.6 Å². The van der Waals surface area contributed by atoms with Gasteiger partial charge in [0.15, 0.2) is 11.4 Å². The monoisotopic (exact) mass is 565 g/mol. The van der Waals surface area contributed by atoms with Gasteiger partial charge in [-0.2, -0.15) is 11.8 Å². The second-order valence-electron chi connectivity index (χ2n) is 10.3. The lowest BCUT2D eigenvalue weighted by molar-refractivity contribution is -0.146. The number of aliphatic hydroxyl groups is 3. The average molecular weight is 566 g/mol. The molecule has 0 fully saturated rings. The Morgan fingerprint density at radius 3 is 2.42 bits per heavy atom. The zero-order valence-electron chi connectivity index (χ0n) is 22.0. The van der Waals surface area contributed by atoms with Crippen molar-refractivity contribution in [2.45, 2.75) is 29.7 Å². The summed E-state index contributed by atoms with van der Waals surface area (Å²) >= 11 is 1.61. The van der Waals surface area contributed by atoms with E-state index in [0.717, 1.165) is 5.56 Å². The van der Waals surface area contributed by atoms with Gasteiger partial charge in [0.1, 0.15) is 22.8 Å². The van der Waals surface area contributed by atoms with Gasteiger partial charge in [0, 0.05) is 41.6 Å². The lowest BCUT2D eigenvalue weighted by Gasteiger charge is -2.50. The molecule has 0 bridgehead atoms. The summed E-state index contributed by atoms with van der Waals surface area (Å²) in [5.41, 5.74) is 3.97. The third-order valence-electron chi connectivity index (χ3n) is 8.35. The molecule has 5 rings (SSSR count). The highest BCUT2D eigenvalue weighted by molar-refractivity contribution is 7.98. The molecule has 2 aromatic carbocycles. The van der Waals surface area contributed by atoms with Crippen molar-refractivity contribution in [3.05, 3.63) is 81.8 Å². The van der Waals surface area contributed by atoms with Crippen LogP contribution in [-0.4, -0.2) is 69.4 Å². The number of phenolic OH excluding ortho intramolecular Hbond substituents is 1. The maximum Gasteiger partial charge on any atom is 0.255 e. The number of rotatable bonds is 7. The van der Waals surface area contributed by atoms with E-state index >= 15 is 0 Å². The summed E-state index contributed by atoms with van der Waals surface area (Å²) in [6.07, 6.45) is 0.0177. The Kier molecular flexibility index (Phi) is 7.15. The Bertz CT molecular complexity index is 1470. The number of nitrogens with one attached hydrogen (secondary N) is 2. The van der Waals surface area contributed by atoms with E-state index in [9.17, 15) is 34.8 Å². The van der Waals surface area contributed by atoms with Crippen LogP contribution in [0.25, 0.3) is 0 Å². The van der Waals surface area contributed by atoms with Crippen LogP contribution in [0.1, 0.15) is 33.8 Å². The quantitative estimate of drug-likeness (QED) is 0.194. The van der Waals surface area contributed by atoms with Crippen LogP contribution in [0.4, 0.5) is 5.69 Å². The SMILES string of the molecule is CNc1ccc(O)c2c1[C@H](CSCc1ccccc1)[C@H]1C[C@H]3[C@H](NC)C(O)=C(C(N)=O)C(=O)[C@@]3(O)C(O)=C1C2=O. The molecule has 3 aliphatic rings. The average Bonchev–Trinajstić information content (AvgIpc) is 2.93. The number of anilines is 1. The number of hydrogen-bond acceptors (Lipinski definition) is 10. The first-order valence-corrected chi connectivity index (χ1v) is 14.0. The second-order valence-corrected chi connectivity index (χ2v) is 11.3. The molecule has 0 radical (unpaired) electrons. The van der Waals surface area contributed by atoms with Crippen molar-refractivity contribution >= 4 is 34.9 Å². The van der Waals surface area contributed by atoms with Gasteiger partial charge in [-0.15, -0.1) is 0 Å². The maximum absolute atomic E-state index is 13.9. The Morgan fingerprint density at radius 1 is 1.10 bits per heavy atom. The minimum absolute atomic E-state index is 0.0149. The number of fused-ring (bicyclic) bond motifs is 3. The summed E-state index contributed by atoms with van der Waals surface area (Å²) in [6.45, 7) is 0. The zero-order chi connectivity index (χ0) is 28.9. The van der Waals surface area contributed by atoms with Crippen molar-refractivity contribution < 1.29 is 34.8 Å². The minimum atomic E-state index is -2.68. The van der Waals surface area contributed by atoms with Crippen molar-refractivity contribution in [1.29, 1.82) is 0 Å². The van der Waals surface area contributed by atoms with E-state index in [4.69, 9.17) is 5.73 Å². The number of ketones is 2. The van der Waals surface area contributed by atoms with Crippen LogP contribution < -0.4 is 16.4 Å². The van der Waals surface area contributed by atoms with Crippen LogP contribution in [0, 0.1) is 11.8 Å². The predicted molar refractivity (Wildman–Crippen MR) is 150 cm³/mol. The molecule has 0 aliphatic heterocycles. The van der Waals surface area contributed by atoms with E-state index in [-0.39, 0.29) is 23.3 Å². The Labute approximate surface area is 235 Å². The number of thioether (sulfide) groups is 1. The Morgan fingerprint density at radius 2 is 1.80 bits per heavy atom. The normalized spacial score (nSPS) is 27.7. The van der Waals surface area contributed by atoms with Gasteiger partial charge in [-0.3, -0.25) is 14.4 Å². The molecule has 0 saturated heterocycles. The summed E-state index contributed by atoms with van der Waals surface area (Å²) in [7, 11) is 3.19. The number of phenols is 1. The van der Waals surface area contributed by atoms with Crippen molar-refractivity contribution in [3.8, 4) is 5.75 Å². The number of primary amides is 1. The largest absolute Gasteiger partial charge is 0.510 e. The van der Waals surface area contributed by atoms with Crippen LogP contribution in [-0.2, 0) is 15.3 Å². The molecule has 210 valence electrons. The fourth-order valence-corrected chi connectivity index (χ4v) is 7.70. The first kappa shape index (κ1) is 27.8. The van der Waals surface area contributed by atoms with Gasteiger partial charge in [0.2, 0.25) is 5.78 Å². The van der Waals surface area contributed by atoms with E-state index in [1.165, 1.54) is 13.1 Å². The summed E-state index contributed by atoms with van der Waals surface area (Å²) in [5.74, 6) is -6.09. The lowest BCUT2D eigenvalue weighted by Crippen LogP contribution is -2.64. The minimum Gasteiger partial charge on any atom is -0.510 e. The third kappa shape index (κ3) is 3.99. The van der Waals surface area contributed by atoms with Crippen LogP contribution >= 0.6 is 11.8 Å². The number of likely N-dealkylation sites (N-methyl/N-ethyl adjacent to an activating group) is 1. The molecule has 0 aromatic heterocycles. The molecule has 2 aromatic rings. The number of Topliss-reactive ketones (excluding diaryl/α,β-unsaturated/α-hetero) is 2. The molecular weight excluding hydrogens is 534 g/mol. The molecule has 10 nitrogen and oxygen atoms in total. The first-order valence-electron chi connectivity index (χ1n) is 12.9. The summed E-state index contributed by atoms with van der Waals surface area (Å²) < 4.78 is 0. The van der Waals surface area contributed by atoms with Gasteiger partial charge in [0.25, 0.3) is 5.91 Å². The molecule has 0 heterocycles. The molecule has 0 spiro atoms. The second kappa shape index (κ2) is 10.3. The topological polar surface area (TPSA) is 182 Å². The molecular formula is C29H31N3O7S. The van der Waals surface area contributed by atoms with E-state index in [1.807, 2.05) is 30.3 Å². The molecule has 40 heavy (non-hydrogen) atoms. The third-order valence-corrected chi connectivity index (χ3v) is 9.48. The molecule has 0 unspecified atom stereocenters. The maximum atomic E-state index is 13.9. The lowest BCUT2D eigenvalue weighted by atomic mass is 9.56. The van der Waals surface area contributed by atoms with Crippen molar-refractivity contribution in [2.75, 3.05) is 25.2 Å². The number of aliphatic hydroxyl groups excluding tert-OH is 2. The highest BCUT2D eigenvalue weighted by Gasteiger charge is 2.63. The van der Waals surface area contributed by atoms with Gasteiger partial charge in [-0.25, -0.2) is 0 Å². The summed E-state index contributed by atoms with van der Waals surface area (Å²) in [5, 5.41) is 50.9. The van der Waals surface area contributed by atoms with E-state index < -0.39 is 64.0 Å². The number of allylic oxidation sites excluding steroid dienone is 1. The number of amides is 1. The van der Waals surface area contributed by atoms with Crippen LogP contribution in [0.2, 0.25) is 0 Å². The summed E-state index contributed by atoms with van der Waals surface area (Å²) in [4.78, 5) is 39.5. The number of carbonyl (C=O) groups excluding carboxylic acids is 3. The molecule has 8 N–H and O–H groups in total. The number of aromatic hydroxyl groups is 1. The highest BCUT2D eigenvalue weighted by atomic mass is 32.2. The fourth-order valence-electron chi connectivity index (χ4n) is 6.51. The Balaban J connectivity index is 1.68. The predicted octanol–water partition coefficient (Wildman–Crippen LogP) is 2.29. The molecule has 1 amide bonds. The molecule has 5 atom stereocenters. The van der Waals surface area contributed by atoms with Gasteiger partial charge in [-0.1, -0.05) is 30.3 Å². The molecule has 11 heteroatoms. The van der Waals surface area contributed by atoms with Crippen LogP contribution in [0.5, 0.6) is 5.75 Å². The number of benzene rings is 2. The molecule has 0 saturated carbocycles. The number of nitrogens with two attached hydrogens (primary N) is 1. The van der Waals surface area contributed by atoms with Gasteiger partial charge in [-0.05, 0) is 42.6 Å². The smallest absolute Gasteiger partial charge is 0.255 e. The zero-order valence-corrected chi connectivity index (χ0v) is 22.8. The number of carbonyl (C=O) groups is 3. The van der Waals surface area contributed by atoms with Gasteiger partial charge < -0.3 is 36.8 Å². The van der Waals surface area contributed by atoms with Crippen LogP contribution in [0.15, 0.2) is 65.1 Å². The van der Waals surface area contributed by atoms with E-state index in [1.54, 1.807) is 24.9 Å². The van der Waals surface area contributed by atoms with Gasteiger partial charge in [0.05, 0.1) is 11.6 Å². The van der Waals surface area contributed by atoms with E-state index in [0.29, 0.717) is 22.8 Å². The number of hydrogen-bond donors (Lipinski definition) is 7. The van der Waals surface area contributed by atoms with Crippen LogP contribution in [0.3, 0.4) is 0 Å². The fraction of sp³-hybridized carbons (Fsp3) is 0.345. The Hall–Kier alpha value is -3.80. The molecule has 3 aliphatic carbocycles. The summed E-state index contributed by atoms with van der Waals surface area (Å²) in [6, 6.07) is 11.8. The van der Waals surface area contributed by atoms with Gasteiger partial charge >= 0.3 is 0 Å². The van der Waals surface area contributed by atoms with E-state index in [2.05, 4.69) is 10.6 Å². The first-order chi connectivity index (χ1) is 19.1. The van der Waals surface area contributed by atoms with Crippen molar-refractivity contribution in [3.63, 3.8) is 0 Å². The van der Waals surface area contributed by atoms with Crippen molar-refractivity contribution in [1.82, 2.24) is 5.32 Å².